The molecule has 1 N–H and O–H groups in total. The molecular formula is C22H21N3O4S. The summed E-state index contributed by atoms with van der Waals surface area (Å²) in [6.07, 6.45) is 0.126. The molecule has 2 aromatic heterocycles. The zero-order chi connectivity index (χ0) is 21.6. The summed E-state index contributed by atoms with van der Waals surface area (Å²) in [6, 6.07) is 9.68. The van der Waals surface area contributed by atoms with Crippen LogP contribution in [0.3, 0.4) is 0 Å². The minimum atomic E-state index is -1.22. The minimum Gasteiger partial charge on any atom is -0.480 e. The summed E-state index contributed by atoms with van der Waals surface area (Å²) in [6.45, 7) is 5.83. The second kappa shape index (κ2) is 7.53. The van der Waals surface area contributed by atoms with Gasteiger partial charge in [-0.25, -0.2) is 14.2 Å². The van der Waals surface area contributed by atoms with E-state index in [1.807, 2.05) is 13.8 Å². The van der Waals surface area contributed by atoms with E-state index in [9.17, 15) is 19.5 Å². The number of carbonyl (C=O) groups is 1. The van der Waals surface area contributed by atoms with Crippen LogP contribution in [0.1, 0.15) is 36.2 Å². The van der Waals surface area contributed by atoms with Gasteiger partial charge in [-0.3, -0.25) is 9.36 Å². The first-order chi connectivity index (χ1) is 14.3. The third kappa shape index (κ3) is 3.13. The van der Waals surface area contributed by atoms with Crippen molar-refractivity contribution in [2.45, 2.75) is 39.8 Å². The van der Waals surface area contributed by atoms with E-state index < -0.39 is 23.3 Å². The van der Waals surface area contributed by atoms with Crippen molar-refractivity contribution >= 4 is 38.5 Å². The van der Waals surface area contributed by atoms with Crippen molar-refractivity contribution in [3.05, 3.63) is 74.1 Å². The van der Waals surface area contributed by atoms with E-state index in [4.69, 9.17) is 0 Å². The molecule has 0 bridgehead atoms. The molecule has 0 aliphatic rings. The lowest BCUT2D eigenvalue weighted by Gasteiger charge is -2.17. The molecule has 2 heterocycles. The highest BCUT2D eigenvalue weighted by molar-refractivity contribution is 7.13. The Balaban J connectivity index is 2.01. The van der Waals surface area contributed by atoms with Crippen molar-refractivity contribution in [2.75, 3.05) is 0 Å². The first-order valence-corrected chi connectivity index (χ1v) is 10.4. The van der Waals surface area contributed by atoms with Crippen LogP contribution in [-0.2, 0) is 11.3 Å². The monoisotopic (exact) mass is 423 g/mol. The average Bonchev–Trinajstić information content (AvgIpc) is 3.10. The van der Waals surface area contributed by atoms with Gasteiger partial charge in [0.2, 0.25) is 0 Å². The molecule has 7 nitrogen and oxygen atoms in total. The van der Waals surface area contributed by atoms with Gasteiger partial charge in [0.25, 0.3) is 5.56 Å². The summed E-state index contributed by atoms with van der Waals surface area (Å²) in [5.41, 5.74) is 2.17. The molecule has 0 saturated heterocycles. The molecule has 0 fully saturated rings. The van der Waals surface area contributed by atoms with Crippen molar-refractivity contribution in [1.29, 1.82) is 0 Å². The van der Waals surface area contributed by atoms with Crippen LogP contribution in [0.15, 0.2) is 46.0 Å². The van der Waals surface area contributed by atoms with Gasteiger partial charge in [0, 0.05) is 5.39 Å². The van der Waals surface area contributed by atoms with Gasteiger partial charge < -0.3 is 5.11 Å². The Labute approximate surface area is 176 Å². The largest absolute Gasteiger partial charge is 0.480 e. The molecule has 8 heteroatoms. The third-order valence-corrected chi connectivity index (χ3v) is 6.19. The van der Waals surface area contributed by atoms with Gasteiger partial charge in [0.05, 0.1) is 27.8 Å². The van der Waals surface area contributed by atoms with Gasteiger partial charge in [-0.05, 0) is 61.1 Å². The Morgan fingerprint density at radius 1 is 1.20 bits per heavy atom. The number of fused-ring (bicyclic) bond motifs is 2. The highest BCUT2D eigenvalue weighted by atomic mass is 32.1. The van der Waals surface area contributed by atoms with Gasteiger partial charge in [-0.15, -0.1) is 0 Å². The van der Waals surface area contributed by atoms with Crippen LogP contribution in [0.4, 0.5) is 0 Å². The number of hydrogen-bond acceptors (Lipinski definition) is 5. The van der Waals surface area contributed by atoms with E-state index in [0.717, 1.165) is 31.5 Å². The lowest BCUT2D eigenvalue weighted by Crippen LogP contribution is -2.44. The SMILES string of the molecule is CC[C@H](C(=O)O)n1c(=O)c2ccccc2n(Cc2nsc3cc(C)cc(C)c23)c1=O. The summed E-state index contributed by atoms with van der Waals surface area (Å²) in [4.78, 5) is 38.1. The fraction of sp³-hybridized carbons (Fsp3) is 0.273. The average molecular weight is 423 g/mol. The number of carboxylic acids is 1. The van der Waals surface area contributed by atoms with Crippen molar-refractivity contribution in [2.24, 2.45) is 0 Å². The van der Waals surface area contributed by atoms with E-state index in [2.05, 4.69) is 16.5 Å². The summed E-state index contributed by atoms with van der Waals surface area (Å²) in [5.74, 6) is -1.20. The Hall–Kier alpha value is -3.26. The molecule has 30 heavy (non-hydrogen) atoms. The van der Waals surface area contributed by atoms with Gasteiger partial charge in [0.1, 0.15) is 6.04 Å². The van der Waals surface area contributed by atoms with Crippen LogP contribution in [0, 0.1) is 13.8 Å². The topological polar surface area (TPSA) is 94.2 Å². The van der Waals surface area contributed by atoms with E-state index in [1.54, 1.807) is 31.2 Å². The molecule has 0 unspecified atom stereocenters. The van der Waals surface area contributed by atoms with Crippen LogP contribution in [-0.4, -0.2) is 24.6 Å². The maximum atomic E-state index is 13.3. The molecule has 154 valence electrons. The number of carboxylic acid groups (broad SMARTS) is 1. The van der Waals surface area contributed by atoms with Crippen LogP contribution in [0.5, 0.6) is 0 Å². The molecule has 4 rings (SSSR count). The lowest BCUT2D eigenvalue weighted by atomic mass is 10.1. The second-order valence-corrected chi connectivity index (χ2v) is 8.21. The highest BCUT2D eigenvalue weighted by Gasteiger charge is 2.25. The van der Waals surface area contributed by atoms with Gasteiger partial charge in [0.15, 0.2) is 0 Å². The number of aryl methyl sites for hydroxylation is 2. The standard InChI is InChI=1S/C22H21N3O4S/c1-4-16(21(27)28)25-20(26)14-7-5-6-8-17(14)24(22(25)29)11-15-19-13(3)9-12(2)10-18(19)30-23-15/h5-10,16H,4,11H2,1-3H3,(H,27,28)/t16-/m1/s1. The number of aliphatic carboxylic acids is 1. The van der Waals surface area contributed by atoms with Crippen molar-refractivity contribution < 1.29 is 9.90 Å². The fourth-order valence-corrected chi connectivity index (χ4v) is 4.98. The van der Waals surface area contributed by atoms with E-state index >= 15 is 0 Å². The quantitative estimate of drug-likeness (QED) is 0.530. The normalized spacial score (nSPS) is 12.5. The maximum absolute atomic E-state index is 13.3. The second-order valence-electron chi connectivity index (χ2n) is 7.41. The van der Waals surface area contributed by atoms with E-state index in [-0.39, 0.29) is 13.0 Å². The zero-order valence-corrected chi connectivity index (χ0v) is 17.7. The number of hydrogen-bond donors (Lipinski definition) is 1. The number of para-hydroxylation sites is 1. The number of rotatable bonds is 5. The van der Waals surface area contributed by atoms with Crippen molar-refractivity contribution in [3.8, 4) is 0 Å². The Morgan fingerprint density at radius 3 is 2.63 bits per heavy atom. The molecule has 0 spiro atoms. The minimum absolute atomic E-state index is 0.126. The number of aromatic nitrogens is 3. The summed E-state index contributed by atoms with van der Waals surface area (Å²) in [7, 11) is 0. The number of benzene rings is 2. The van der Waals surface area contributed by atoms with Crippen molar-refractivity contribution in [1.82, 2.24) is 13.5 Å². The lowest BCUT2D eigenvalue weighted by molar-refractivity contribution is -0.141. The van der Waals surface area contributed by atoms with Gasteiger partial charge in [-0.1, -0.05) is 25.1 Å². The molecule has 4 aromatic rings. The molecule has 0 saturated carbocycles. The number of nitrogens with zero attached hydrogens (tertiary/aromatic N) is 3. The van der Waals surface area contributed by atoms with Crippen LogP contribution in [0.25, 0.3) is 21.0 Å². The first kappa shape index (κ1) is 20.0. The third-order valence-electron chi connectivity index (χ3n) is 5.36. The van der Waals surface area contributed by atoms with Crippen LogP contribution >= 0.6 is 11.5 Å². The maximum Gasteiger partial charge on any atom is 0.332 e. The Kier molecular flexibility index (Phi) is 5.03. The summed E-state index contributed by atoms with van der Waals surface area (Å²) in [5, 5.41) is 10.9. The van der Waals surface area contributed by atoms with Gasteiger partial charge in [-0.2, -0.15) is 4.37 Å². The predicted octanol–water partition coefficient (Wildman–Crippen LogP) is 3.47. The molecule has 1 atom stereocenters. The smallest absolute Gasteiger partial charge is 0.332 e. The zero-order valence-electron chi connectivity index (χ0n) is 16.9. The predicted molar refractivity (Wildman–Crippen MR) is 118 cm³/mol. The molecular weight excluding hydrogens is 402 g/mol. The van der Waals surface area contributed by atoms with Crippen LogP contribution < -0.4 is 11.2 Å². The summed E-state index contributed by atoms with van der Waals surface area (Å²) >= 11 is 1.37. The molecule has 0 aliphatic carbocycles. The molecule has 0 aliphatic heterocycles. The molecule has 2 aromatic carbocycles. The molecule has 0 amide bonds. The molecule has 0 radical (unpaired) electrons. The Morgan fingerprint density at radius 2 is 1.93 bits per heavy atom. The van der Waals surface area contributed by atoms with Gasteiger partial charge >= 0.3 is 11.7 Å². The van der Waals surface area contributed by atoms with E-state index in [0.29, 0.717) is 10.9 Å². The Bertz CT molecular complexity index is 1410. The van der Waals surface area contributed by atoms with Crippen molar-refractivity contribution in [3.63, 3.8) is 0 Å². The summed E-state index contributed by atoms with van der Waals surface area (Å²) < 4.78 is 7.92. The van der Waals surface area contributed by atoms with E-state index in [1.165, 1.54) is 16.1 Å². The fourth-order valence-electron chi connectivity index (χ4n) is 4.01. The first-order valence-electron chi connectivity index (χ1n) is 9.65. The highest BCUT2D eigenvalue weighted by Crippen LogP contribution is 2.28. The van der Waals surface area contributed by atoms with Crippen LogP contribution in [0.2, 0.25) is 0 Å².